The van der Waals surface area contributed by atoms with E-state index >= 15 is 0 Å². The minimum Gasteiger partial charge on any atom is -0.369 e. The Labute approximate surface area is 132 Å². The molecule has 21 heavy (non-hydrogen) atoms. The maximum absolute atomic E-state index is 11.2. The summed E-state index contributed by atoms with van der Waals surface area (Å²) in [4.78, 5) is 0. The van der Waals surface area contributed by atoms with Crippen LogP contribution in [0.4, 0.5) is 0 Å². The minimum absolute atomic E-state index is 0.646. The lowest BCUT2D eigenvalue weighted by atomic mass is 9.87. The normalized spacial score (nSPS) is 14.0. The molecule has 0 radical (unpaired) electrons. The molecule has 1 N–H and O–H groups in total. The van der Waals surface area contributed by atoms with Gasteiger partial charge in [-0.2, -0.15) is 0 Å². The smallest absolute Gasteiger partial charge is 0.176 e. The second-order valence-electron chi connectivity index (χ2n) is 6.08. The van der Waals surface area contributed by atoms with E-state index in [1.807, 2.05) is 42.5 Å². The molecule has 2 aromatic rings. The fourth-order valence-electron chi connectivity index (χ4n) is 1.96. The lowest BCUT2D eigenvalue weighted by Crippen LogP contribution is -2.27. The molecule has 0 heterocycles. The van der Waals surface area contributed by atoms with E-state index in [1.165, 1.54) is 0 Å². The first-order valence-electron chi connectivity index (χ1n) is 6.89. The molecule has 0 aliphatic heterocycles. The van der Waals surface area contributed by atoms with Gasteiger partial charge in [0, 0.05) is 16.1 Å². The third-order valence-corrected chi connectivity index (χ3v) is 4.20. The highest BCUT2D eigenvalue weighted by atomic mass is 35.5. The summed E-state index contributed by atoms with van der Waals surface area (Å²) in [6.07, 6.45) is 0. The Bertz CT molecular complexity index is 662. The van der Waals surface area contributed by atoms with Gasteiger partial charge in [-0.25, -0.2) is 0 Å². The van der Waals surface area contributed by atoms with Gasteiger partial charge in [-0.15, -0.1) is 5.54 Å². The average molecular weight is 315 g/mol. The van der Waals surface area contributed by atoms with Crippen molar-refractivity contribution in [3.05, 3.63) is 70.7 Å². The number of halogens is 1. The molecule has 0 spiro atoms. The van der Waals surface area contributed by atoms with Crippen molar-refractivity contribution in [2.45, 2.75) is 25.2 Å². The highest BCUT2D eigenvalue weighted by Crippen LogP contribution is 2.30. The maximum atomic E-state index is 11.2. The molecule has 2 aromatic carbocycles. The molecule has 0 saturated heterocycles. The molecule has 3 heteroatoms. The van der Waals surface area contributed by atoms with Gasteiger partial charge in [-0.3, -0.25) is 0 Å². The van der Waals surface area contributed by atoms with Crippen molar-refractivity contribution in [1.29, 1.82) is 0 Å². The van der Waals surface area contributed by atoms with Gasteiger partial charge in [-0.05, 0) is 12.1 Å². The lowest BCUT2D eigenvalue weighted by molar-refractivity contribution is 0.145. The minimum atomic E-state index is -1.59. The van der Waals surface area contributed by atoms with Crippen LogP contribution in [0.3, 0.4) is 0 Å². The maximum Gasteiger partial charge on any atom is 0.176 e. The van der Waals surface area contributed by atoms with Crippen LogP contribution < -0.4 is 0 Å². The van der Waals surface area contributed by atoms with Gasteiger partial charge in [-0.1, -0.05) is 79.6 Å². The van der Waals surface area contributed by atoms with Crippen LogP contribution in [0.15, 0.2) is 54.6 Å². The monoisotopic (exact) mass is 314 g/mol. The van der Waals surface area contributed by atoms with Crippen LogP contribution in [-0.4, -0.2) is 13.2 Å². The predicted molar refractivity (Wildman–Crippen MR) is 92.0 cm³/mol. The third-order valence-electron chi connectivity index (χ3n) is 3.07. The van der Waals surface area contributed by atoms with E-state index < -0.39 is 13.7 Å². The molecule has 0 amide bonds. The summed E-state index contributed by atoms with van der Waals surface area (Å²) in [6, 6.07) is 16.8. The molecule has 108 valence electrons. The number of hydrogen-bond donors (Lipinski definition) is 1. The van der Waals surface area contributed by atoms with Gasteiger partial charge in [0.2, 0.25) is 0 Å². The fourth-order valence-corrected chi connectivity index (χ4v) is 2.64. The number of aliphatic hydroxyl groups is 1. The van der Waals surface area contributed by atoms with E-state index in [1.54, 1.807) is 12.1 Å². The largest absolute Gasteiger partial charge is 0.369 e. The van der Waals surface area contributed by atoms with Crippen molar-refractivity contribution in [2.24, 2.45) is 0 Å². The van der Waals surface area contributed by atoms with Crippen LogP contribution in [0.1, 0.15) is 11.1 Å². The molecule has 0 aliphatic carbocycles. The molecule has 1 nitrogen and oxygen atoms in total. The van der Waals surface area contributed by atoms with E-state index in [4.69, 9.17) is 11.6 Å². The van der Waals surface area contributed by atoms with E-state index in [2.05, 4.69) is 31.1 Å². The molecule has 2 rings (SSSR count). The first-order chi connectivity index (χ1) is 9.81. The molecule has 0 aliphatic rings. The van der Waals surface area contributed by atoms with Gasteiger partial charge < -0.3 is 5.11 Å². The summed E-state index contributed by atoms with van der Waals surface area (Å²) in [5.41, 5.74) is 3.50. The topological polar surface area (TPSA) is 20.2 Å². The first-order valence-corrected chi connectivity index (χ1v) is 10.8. The van der Waals surface area contributed by atoms with Crippen molar-refractivity contribution in [2.75, 3.05) is 0 Å². The average Bonchev–Trinajstić information content (AvgIpc) is 2.46. The van der Waals surface area contributed by atoms with Crippen molar-refractivity contribution in [3.8, 4) is 11.5 Å². The highest BCUT2D eigenvalue weighted by molar-refractivity contribution is 6.83. The van der Waals surface area contributed by atoms with Gasteiger partial charge in [0.05, 0.1) is 0 Å². The van der Waals surface area contributed by atoms with Crippen molar-refractivity contribution < 1.29 is 5.11 Å². The summed E-state index contributed by atoms with van der Waals surface area (Å²) >= 11 is 5.95. The standard InChI is InChI=1S/C18H19ClOSi/c1-21(2,3)14-13-18(20,15-7-5-4-6-8-15)16-9-11-17(19)12-10-16/h4-12,20H,1-3H3. The predicted octanol–water partition coefficient (Wildman–Crippen LogP) is 4.46. The Kier molecular flexibility index (Phi) is 4.58. The Morgan fingerprint density at radius 1 is 0.905 bits per heavy atom. The number of benzene rings is 2. The Hall–Kier alpha value is -1.53. The Morgan fingerprint density at radius 2 is 1.43 bits per heavy atom. The zero-order valence-electron chi connectivity index (χ0n) is 12.5. The Balaban J connectivity index is 2.58. The summed E-state index contributed by atoms with van der Waals surface area (Å²) in [5.74, 6) is 3.11. The fraction of sp³-hybridized carbons (Fsp3) is 0.222. The lowest BCUT2D eigenvalue weighted by Gasteiger charge is -2.24. The summed E-state index contributed by atoms with van der Waals surface area (Å²) in [7, 11) is -1.59. The van der Waals surface area contributed by atoms with E-state index in [-0.39, 0.29) is 0 Å². The van der Waals surface area contributed by atoms with Crippen LogP contribution in [0.25, 0.3) is 0 Å². The van der Waals surface area contributed by atoms with Crippen molar-refractivity contribution in [3.63, 3.8) is 0 Å². The zero-order chi connectivity index (χ0) is 15.5. The molecule has 0 saturated carbocycles. The molecule has 1 unspecified atom stereocenters. The molecular weight excluding hydrogens is 296 g/mol. The number of hydrogen-bond acceptors (Lipinski definition) is 1. The van der Waals surface area contributed by atoms with E-state index in [9.17, 15) is 5.11 Å². The highest BCUT2D eigenvalue weighted by Gasteiger charge is 2.29. The van der Waals surface area contributed by atoms with Gasteiger partial charge in [0.1, 0.15) is 8.07 Å². The zero-order valence-corrected chi connectivity index (χ0v) is 14.3. The van der Waals surface area contributed by atoms with E-state index in [0.29, 0.717) is 5.02 Å². The van der Waals surface area contributed by atoms with Gasteiger partial charge in [0.25, 0.3) is 0 Å². The molecule has 0 bridgehead atoms. The van der Waals surface area contributed by atoms with E-state index in [0.717, 1.165) is 11.1 Å². The molecule has 1 atom stereocenters. The van der Waals surface area contributed by atoms with Crippen LogP contribution in [0, 0.1) is 11.5 Å². The third kappa shape index (κ3) is 3.98. The van der Waals surface area contributed by atoms with Crippen LogP contribution >= 0.6 is 11.6 Å². The number of rotatable bonds is 2. The SMILES string of the molecule is C[Si](C)(C)C#CC(O)(c1ccccc1)c1ccc(Cl)cc1. The Morgan fingerprint density at radius 3 is 1.95 bits per heavy atom. The second kappa shape index (κ2) is 6.07. The molecule has 0 fully saturated rings. The molecular formula is C18H19ClOSi. The van der Waals surface area contributed by atoms with Gasteiger partial charge >= 0.3 is 0 Å². The van der Waals surface area contributed by atoms with Gasteiger partial charge in [0.15, 0.2) is 5.60 Å². The van der Waals surface area contributed by atoms with Crippen LogP contribution in [0.2, 0.25) is 24.7 Å². The summed E-state index contributed by atoms with van der Waals surface area (Å²) in [6.45, 7) is 6.48. The van der Waals surface area contributed by atoms with Crippen molar-refractivity contribution in [1.82, 2.24) is 0 Å². The first kappa shape index (κ1) is 15.8. The second-order valence-corrected chi connectivity index (χ2v) is 11.3. The quantitative estimate of drug-likeness (QED) is 0.641. The summed E-state index contributed by atoms with van der Waals surface area (Å²) in [5, 5.41) is 11.9. The van der Waals surface area contributed by atoms with Crippen molar-refractivity contribution >= 4 is 19.7 Å². The molecule has 0 aromatic heterocycles. The summed E-state index contributed by atoms with van der Waals surface area (Å²) < 4.78 is 0. The van der Waals surface area contributed by atoms with Crippen LogP contribution in [0.5, 0.6) is 0 Å². The van der Waals surface area contributed by atoms with Crippen LogP contribution in [-0.2, 0) is 5.60 Å².